The Bertz CT molecular complexity index is 983. The van der Waals surface area contributed by atoms with Crippen LogP contribution in [0.5, 0.6) is 5.75 Å². The van der Waals surface area contributed by atoms with E-state index in [1.807, 2.05) is 12.1 Å². The third-order valence-electron chi connectivity index (χ3n) is 6.71. The van der Waals surface area contributed by atoms with Gasteiger partial charge in [0.1, 0.15) is 5.75 Å². The van der Waals surface area contributed by atoms with Gasteiger partial charge in [-0.2, -0.15) is 0 Å². The van der Waals surface area contributed by atoms with Gasteiger partial charge in [0.05, 0.1) is 44.7 Å². The summed E-state index contributed by atoms with van der Waals surface area (Å²) >= 11 is 6.31. The highest BCUT2D eigenvalue weighted by molar-refractivity contribution is 6.31. The number of carbonyl (C=O) groups is 1. The van der Waals surface area contributed by atoms with E-state index in [0.717, 1.165) is 49.0 Å². The predicted octanol–water partition coefficient (Wildman–Crippen LogP) is 4.48. The predicted molar refractivity (Wildman–Crippen MR) is 117 cm³/mol. The minimum atomic E-state index is -0.310. The highest BCUT2D eigenvalue weighted by Gasteiger charge is 2.42. The molecule has 0 aliphatic carbocycles. The van der Waals surface area contributed by atoms with Crippen LogP contribution >= 0.6 is 11.6 Å². The van der Waals surface area contributed by atoms with Gasteiger partial charge >= 0.3 is 5.97 Å². The summed E-state index contributed by atoms with van der Waals surface area (Å²) in [4.78, 5) is 18.7. The molecule has 162 valence electrons. The number of hydrogen-bond donors (Lipinski definition) is 1. The molecule has 1 saturated heterocycles. The van der Waals surface area contributed by atoms with Crippen molar-refractivity contribution in [2.24, 2.45) is 11.8 Å². The molecule has 0 spiro atoms. The summed E-state index contributed by atoms with van der Waals surface area (Å²) in [6, 6.07) is 4.03. The van der Waals surface area contributed by atoms with Gasteiger partial charge in [0, 0.05) is 29.2 Å². The Hall–Kier alpha value is -2.18. The number of aromatic amines is 1. The maximum atomic E-state index is 12.5. The Labute approximate surface area is 182 Å². The molecular formula is C23H29ClN2O4. The minimum absolute atomic E-state index is 0.0755. The molecule has 1 aromatic heterocycles. The van der Waals surface area contributed by atoms with Gasteiger partial charge in [0.25, 0.3) is 0 Å². The summed E-state index contributed by atoms with van der Waals surface area (Å²) in [7, 11) is 4.68. The first kappa shape index (κ1) is 21.1. The van der Waals surface area contributed by atoms with Gasteiger partial charge < -0.3 is 19.2 Å². The zero-order valence-corrected chi connectivity index (χ0v) is 18.7. The second-order valence-corrected chi connectivity index (χ2v) is 8.56. The summed E-state index contributed by atoms with van der Waals surface area (Å²) in [5.41, 5.74) is 4.12. The number of carbonyl (C=O) groups excluding carboxylic acids is 1. The van der Waals surface area contributed by atoms with Crippen molar-refractivity contribution in [2.45, 2.75) is 32.2 Å². The van der Waals surface area contributed by atoms with E-state index in [2.05, 4.69) is 16.8 Å². The van der Waals surface area contributed by atoms with Gasteiger partial charge in [-0.3, -0.25) is 4.90 Å². The number of H-pyrrole nitrogens is 1. The quantitative estimate of drug-likeness (QED) is 0.428. The molecule has 2 aliphatic heterocycles. The van der Waals surface area contributed by atoms with Crippen LogP contribution in [0.4, 0.5) is 0 Å². The lowest BCUT2D eigenvalue weighted by Crippen LogP contribution is -2.47. The molecule has 4 rings (SSSR count). The average Bonchev–Trinajstić information content (AvgIpc) is 3.14. The molecular weight excluding hydrogens is 404 g/mol. The number of rotatable bonds is 5. The van der Waals surface area contributed by atoms with Crippen LogP contribution in [0.2, 0.25) is 5.02 Å². The monoisotopic (exact) mass is 432 g/mol. The zero-order valence-electron chi connectivity index (χ0n) is 18.0. The van der Waals surface area contributed by atoms with Gasteiger partial charge in [-0.15, -0.1) is 0 Å². The molecule has 3 atom stereocenters. The number of halogens is 1. The largest absolute Gasteiger partial charge is 0.504 e. The van der Waals surface area contributed by atoms with Crippen molar-refractivity contribution in [1.82, 2.24) is 9.88 Å². The lowest BCUT2D eigenvalue weighted by molar-refractivity contribution is -0.137. The fourth-order valence-corrected chi connectivity index (χ4v) is 5.53. The maximum Gasteiger partial charge on any atom is 0.337 e. The molecule has 7 heteroatoms. The van der Waals surface area contributed by atoms with Crippen LogP contribution in [0.1, 0.15) is 37.1 Å². The molecule has 0 bridgehead atoms. The van der Waals surface area contributed by atoms with Crippen molar-refractivity contribution in [2.75, 3.05) is 34.4 Å². The Balaban J connectivity index is 1.78. The van der Waals surface area contributed by atoms with Crippen LogP contribution < -0.4 is 4.74 Å². The summed E-state index contributed by atoms with van der Waals surface area (Å²) in [6.45, 7) is 4.11. The molecule has 2 aliphatic rings. The lowest BCUT2D eigenvalue weighted by atomic mass is 9.74. The van der Waals surface area contributed by atoms with Crippen LogP contribution in [0.3, 0.4) is 0 Å². The van der Waals surface area contributed by atoms with Crippen molar-refractivity contribution in [3.05, 3.63) is 40.2 Å². The van der Waals surface area contributed by atoms with Crippen molar-refractivity contribution in [3.8, 4) is 5.75 Å². The number of aromatic nitrogens is 1. The van der Waals surface area contributed by atoms with Gasteiger partial charge in [0.2, 0.25) is 0 Å². The first-order valence-electron chi connectivity index (χ1n) is 10.5. The first-order valence-corrected chi connectivity index (χ1v) is 10.8. The van der Waals surface area contributed by atoms with E-state index in [1.165, 1.54) is 18.4 Å². The minimum Gasteiger partial charge on any atom is -0.504 e. The fraction of sp³-hybridized carbons (Fsp3) is 0.522. The standard InChI is InChI=1S/C23H29ClN2O4/c1-5-13-11-26-7-6-15-21-18(8-14(24)9-20(21)29-3)25-22(15)19(26)10-16(13)17(12-28-2)23(27)30-4/h8-9,12-13,16,19,25H,5-7,10-11H2,1-4H3/b17-12+/t13-,16?,19+/m1/s1. The van der Waals surface area contributed by atoms with E-state index in [0.29, 0.717) is 16.5 Å². The topological polar surface area (TPSA) is 63.8 Å². The van der Waals surface area contributed by atoms with Crippen molar-refractivity contribution >= 4 is 28.5 Å². The van der Waals surface area contributed by atoms with E-state index in [4.69, 9.17) is 25.8 Å². The molecule has 0 radical (unpaired) electrons. The molecule has 1 fully saturated rings. The van der Waals surface area contributed by atoms with Crippen molar-refractivity contribution in [1.29, 1.82) is 0 Å². The molecule has 1 N–H and O–H groups in total. The highest BCUT2D eigenvalue weighted by atomic mass is 35.5. The highest BCUT2D eigenvalue weighted by Crippen LogP contribution is 2.47. The maximum absolute atomic E-state index is 12.5. The van der Waals surface area contributed by atoms with Gasteiger partial charge in [-0.1, -0.05) is 24.9 Å². The lowest BCUT2D eigenvalue weighted by Gasteiger charge is -2.46. The van der Waals surface area contributed by atoms with Crippen LogP contribution in [-0.4, -0.2) is 50.3 Å². The third-order valence-corrected chi connectivity index (χ3v) is 6.93. The number of esters is 1. The number of nitrogens with one attached hydrogen (secondary N) is 1. The van der Waals surface area contributed by atoms with E-state index in [9.17, 15) is 4.79 Å². The summed E-state index contributed by atoms with van der Waals surface area (Å²) in [6.07, 6.45) is 4.35. The van der Waals surface area contributed by atoms with Crippen LogP contribution in [0.25, 0.3) is 10.9 Å². The average molecular weight is 433 g/mol. The second-order valence-electron chi connectivity index (χ2n) is 8.12. The second kappa shape index (κ2) is 8.52. The van der Waals surface area contributed by atoms with E-state index < -0.39 is 0 Å². The summed E-state index contributed by atoms with van der Waals surface area (Å²) in [5, 5.41) is 1.77. The summed E-state index contributed by atoms with van der Waals surface area (Å²) < 4.78 is 16.0. The Morgan fingerprint density at radius 1 is 1.33 bits per heavy atom. The molecule has 2 aromatic rings. The molecule has 3 heterocycles. The first-order chi connectivity index (χ1) is 14.5. The van der Waals surface area contributed by atoms with Crippen molar-refractivity contribution in [3.63, 3.8) is 0 Å². The van der Waals surface area contributed by atoms with Gasteiger partial charge in [-0.25, -0.2) is 4.79 Å². The number of hydrogen-bond acceptors (Lipinski definition) is 5. The number of benzene rings is 1. The Kier molecular flexibility index (Phi) is 5.98. The Morgan fingerprint density at radius 2 is 2.13 bits per heavy atom. The Morgan fingerprint density at radius 3 is 2.80 bits per heavy atom. The van der Waals surface area contributed by atoms with E-state index in [1.54, 1.807) is 20.5 Å². The SMILES string of the molecule is CC[C@@H]1CN2CCc3c([nH]c4cc(Cl)cc(OC)c34)[C@@H]2CC1/C(=C\OC)C(=O)OC. The van der Waals surface area contributed by atoms with E-state index >= 15 is 0 Å². The number of piperidine rings is 1. The van der Waals surface area contributed by atoms with Gasteiger partial charge in [-0.05, 0) is 42.4 Å². The molecule has 6 nitrogen and oxygen atoms in total. The summed E-state index contributed by atoms with van der Waals surface area (Å²) in [5.74, 6) is 0.940. The smallest absolute Gasteiger partial charge is 0.337 e. The molecule has 0 amide bonds. The molecule has 1 unspecified atom stereocenters. The van der Waals surface area contributed by atoms with E-state index in [-0.39, 0.29) is 17.9 Å². The number of methoxy groups -OCH3 is 3. The fourth-order valence-electron chi connectivity index (χ4n) is 5.32. The van der Waals surface area contributed by atoms with Gasteiger partial charge in [0.15, 0.2) is 0 Å². The third kappa shape index (κ3) is 3.46. The molecule has 1 aromatic carbocycles. The number of ether oxygens (including phenoxy) is 3. The van der Waals surface area contributed by atoms with Crippen LogP contribution in [0, 0.1) is 11.8 Å². The van der Waals surface area contributed by atoms with Crippen LogP contribution in [-0.2, 0) is 20.7 Å². The van der Waals surface area contributed by atoms with Crippen LogP contribution in [0.15, 0.2) is 24.0 Å². The normalized spacial score (nSPS) is 24.3. The molecule has 0 saturated carbocycles. The number of fused-ring (bicyclic) bond motifs is 5. The number of nitrogens with zero attached hydrogens (tertiary/aromatic N) is 1. The zero-order chi connectivity index (χ0) is 21.4. The molecule has 30 heavy (non-hydrogen) atoms. The van der Waals surface area contributed by atoms with Crippen molar-refractivity contribution < 1.29 is 19.0 Å².